The van der Waals surface area contributed by atoms with Crippen molar-refractivity contribution in [3.63, 3.8) is 0 Å². The van der Waals surface area contributed by atoms with Gasteiger partial charge >= 0.3 is 6.09 Å². The zero-order valence-corrected chi connectivity index (χ0v) is 17.5. The molecule has 0 saturated heterocycles. The molecule has 0 unspecified atom stereocenters. The maximum absolute atomic E-state index is 13.7. The van der Waals surface area contributed by atoms with Gasteiger partial charge in [0, 0.05) is 24.9 Å². The molecule has 0 aromatic heterocycles. The van der Waals surface area contributed by atoms with E-state index in [9.17, 15) is 13.6 Å². The van der Waals surface area contributed by atoms with E-state index in [1.54, 1.807) is 0 Å². The van der Waals surface area contributed by atoms with E-state index in [0.717, 1.165) is 34.4 Å². The summed E-state index contributed by atoms with van der Waals surface area (Å²) in [6.45, 7) is 0.467. The Labute approximate surface area is 185 Å². The molecule has 0 atom stereocenters. The van der Waals surface area contributed by atoms with Crippen LogP contribution in [0.1, 0.15) is 29.0 Å². The molecule has 162 valence electrons. The minimum atomic E-state index is -0.812. The maximum Gasteiger partial charge on any atom is 0.407 e. The van der Waals surface area contributed by atoms with E-state index < -0.39 is 17.7 Å². The highest BCUT2D eigenvalue weighted by Crippen LogP contribution is 2.44. The maximum atomic E-state index is 13.7. The summed E-state index contributed by atoms with van der Waals surface area (Å²) in [7, 11) is 1.29. The van der Waals surface area contributed by atoms with Gasteiger partial charge in [0.05, 0.1) is 12.7 Å². The molecule has 0 spiro atoms. The fourth-order valence-electron chi connectivity index (χ4n) is 3.89. The molecular formula is C26H21F2NO3. The van der Waals surface area contributed by atoms with Gasteiger partial charge in [0.1, 0.15) is 12.4 Å². The number of alkyl carbamates (subject to hydrolysis) is 1. The zero-order chi connectivity index (χ0) is 22.5. The minimum absolute atomic E-state index is 0.0109. The number of fused-ring (bicyclic) bond motifs is 3. The average Bonchev–Trinajstić information content (AvgIpc) is 3.11. The number of methoxy groups -OCH3 is 1. The highest BCUT2D eigenvalue weighted by atomic mass is 19.1. The first kappa shape index (κ1) is 21.4. The van der Waals surface area contributed by atoms with E-state index in [1.807, 2.05) is 24.3 Å². The van der Waals surface area contributed by atoms with Crippen molar-refractivity contribution in [3.05, 3.63) is 89.0 Å². The van der Waals surface area contributed by atoms with Crippen LogP contribution in [0.3, 0.4) is 0 Å². The number of amides is 1. The van der Waals surface area contributed by atoms with Crippen LogP contribution in [0.15, 0.2) is 60.7 Å². The Morgan fingerprint density at radius 3 is 2.34 bits per heavy atom. The summed E-state index contributed by atoms with van der Waals surface area (Å²) >= 11 is 0. The van der Waals surface area contributed by atoms with Crippen molar-refractivity contribution in [1.29, 1.82) is 0 Å². The van der Waals surface area contributed by atoms with Crippen molar-refractivity contribution in [2.45, 2.75) is 12.3 Å². The van der Waals surface area contributed by atoms with Gasteiger partial charge < -0.3 is 14.8 Å². The quantitative estimate of drug-likeness (QED) is 0.441. The molecular weight excluding hydrogens is 412 g/mol. The summed E-state index contributed by atoms with van der Waals surface area (Å²) in [5, 5.41) is 2.65. The van der Waals surface area contributed by atoms with Gasteiger partial charge in [-0.1, -0.05) is 60.4 Å². The lowest BCUT2D eigenvalue weighted by atomic mass is 9.98. The highest BCUT2D eigenvalue weighted by molar-refractivity contribution is 5.79. The largest absolute Gasteiger partial charge is 0.492 e. The number of hydrogen-bond acceptors (Lipinski definition) is 3. The molecule has 0 heterocycles. The van der Waals surface area contributed by atoms with Crippen LogP contribution >= 0.6 is 0 Å². The van der Waals surface area contributed by atoms with Crippen molar-refractivity contribution < 1.29 is 23.0 Å². The molecule has 1 N–H and O–H groups in total. The number of benzene rings is 3. The summed E-state index contributed by atoms with van der Waals surface area (Å²) in [6.07, 6.45) is -0.256. The molecule has 1 aliphatic carbocycles. The Morgan fingerprint density at radius 2 is 1.69 bits per heavy atom. The van der Waals surface area contributed by atoms with Crippen LogP contribution in [0, 0.1) is 23.5 Å². The molecule has 3 aromatic rings. The molecule has 1 aliphatic rings. The summed E-state index contributed by atoms with van der Waals surface area (Å²) < 4.78 is 37.4. The van der Waals surface area contributed by atoms with E-state index >= 15 is 0 Å². The minimum Gasteiger partial charge on any atom is -0.492 e. The lowest BCUT2D eigenvalue weighted by Crippen LogP contribution is -2.26. The average molecular weight is 433 g/mol. The fourth-order valence-corrected chi connectivity index (χ4v) is 3.89. The Bertz CT molecular complexity index is 1170. The van der Waals surface area contributed by atoms with Crippen LogP contribution in [0.4, 0.5) is 13.6 Å². The number of carbonyl (C=O) groups excluding carboxylic acids is 1. The number of hydrogen-bond donors (Lipinski definition) is 1. The first-order valence-electron chi connectivity index (χ1n) is 10.2. The van der Waals surface area contributed by atoms with Crippen LogP contribution in [0.25, 0.3) is 11.1 Å². The van der Waals surface area contributed by atoms with Crippen LogP contribution in [-0.2, 0) is 4.74 Å². The highest BCUT2D eigenvalue weighted by Gasteiger charge is 2.28. The molecule has 4 nitrogen and oxygen atoms in total. The second kappa shape index (κ2) is 9.52. The van der Waals surface area contributed by atoms with Crippen LogP contribution in [0.5, 0.6) is 5.75 Å². The van der Waals surface area contributed by atoms with Gasteiger partial charge in [0.15, 0.2) is 11.6 Å². The van der Waals surface area contributed by atoms with Gasteiger partial charge in [0.25, 0.3) is 0 Å². The van der Waals surface area contributed by atoms with Crippen molar-refractivity contribution >= 4 is 6.09 Å². The molecule has 0 radical (unpaired) electrons. The van der Waals surface area contributed by atoms with Crippen LogP contribution in [0.2, 0.25) is 0 Å². The van der Waals surface area contributed by atoms with Gasteiger partial charge in [-0.3, -0.25) is 0 Å². The van der Waals surface area contributed by atoms with E-state index in [0.29, 0.717) is 0 Å². The van der Waals surface area contributed by atoms with E-state index in [1.165, 1.54) is 7.11 Å². The van der Waals surface area contributed by atoms with Crippen molar-refractivity contribution in [2.24, 2.45) is 0 Å². The number of halogens is 2. The predicted molar refractivity (Wildman–Crippen MR) is 117 cm³/mol. The van der Waals surface area contributed by atoms with Gasteiger partial charge in [-0.05, 0) is 28.3 Å². The van der Waals surface area contributed by atoms with Gasteiger partial charge in [-0.25, -0.2) is 13.6 Å². The lowest BCUT2D eigenvalue weighted by Gasteiger charge is -2.14. The summed E-state index contributed by atoms with van der Waals surface area (Å²) in [4.78, 5) is 12.1. The van der Waals surface area contributed by atoms with Crippen molar-refractivity contribution in [2.75, 3.05) is 20.3 Å². The lowest BCUT2D eigenvalue weighted by molar-refractivity contribution is 0.143. The Hall–Kier alpha value is -3.85. The molecule has 6 heteroatoms. The fraction of sp³-hybridized carbons (Fsp3) is 0.192. The SMILES string of the molecule is COc1c(F)cc(F)cc1C#CCCNC(=O)OCC1c2ccccc2-c2ccccc21. The topological polar surface area (TPSA) is 47.6 Å². The van der Waals surface area contributed by atoms with E-state index in [2.05, 4.69) is 41.4 Å². The molecule has 32 heavy (non-hydrogen) atoms. The third kappa shape index (κ3) is 4.42. The molecule has 1 amide bonds. The second-order valence-electron chi connectivity index (χ2n) is 7.27. The van der Waals surface area contributed by atoms with Gasteiger partial charge in [-0.2, -0.15) is 0 Å². The Balaban J connectivity index is 1.31. The third-order valence-corrected chi connectivity index (χ3v) is 5.30. The second-order valence-corrected chi connectivity index (χ2v) is 7.27. The number of nitrogens with one attached hydrogen (secondary N) is 1. The predicted octanol–water partition coefficient (Wildman–Crippen LogP) is 5.25. The molecule has 0 saturated carbocycles. The zero-order valence-electron chi connectivity index (χ0n) is 17.5. The van der Waals surface area contributed by atoms with Crippen LogP contribution < -0.4 is 10.1 Å². The monoisotopic (exact) mass is 433 g/mol. The normalized spacial score (nSPS) is 11.7. The summed E-state index contributed by atoms with van der Waals surface area (Å²) in [6, 6.07) is 18.1. The summed E-state index contributed by atoms with van der Waals surface area (Å²) in [5.41, 5.74) is 4.73. The Kier molecular flexibility index (Phi) is 6.37. The third-order valence-electron chi connectivity index (χ3n) is 5.30. The smallest absolute Gasteiger partial charge is 0.407 e. The van der Waals surface area contributed by atoms with Gasteiger partial charge in [-0.15, -0.1) is 0 Å². The molecule has 0 bridgehead atoms. The van der Waals surface area contributed by atoms with Crippen molar-refractivity contribution in [1.82, 2.24) is 5.32 Å². The van der Waals surface area contributed by atoms with Crippen molar-refractivity contribution in [3.8, 4) is 28.7 Å². The van der Waals surface area contributed by atoms with Crippen LogP contribution in [-0.4, -0.2) is 26.4 Å². The first-order valence-corrected chi connectivity index (χ1v) is 10.2. The molecule has 0 aliphatic heterocycles. The van der Waals surface area contributed by atoms with E-state index in [4.69, 9.17) is 9.47 Å². The Morgan fingerprint density at radius 1 is 1.03 bits per heavy atom. The molecule has 0 fully saturated rings. The number of carbonyl (C=O) groups is 1. The number of rotatable bonds is 5. The van der Waals surface area contributed by atoms with E-state index in [-0.39, 0.29) is 36.8 Å². The first-order chi connectivity index (χ1) is 15.6. The summed E-state index contributed by atoms with van der Waals surface area (Å²) in [5.74, 6) is 3.78. The standard InChI is InChI=1S/C26H21F2NO3/c1-31-25-17(14-18(27)15-24(25)28)8-6-7-13-29-26(30)32-16-23-21-11-4-2-9-19(21)20-10-3-5-12-22(20)23/h2-5,9-12,14-15,23H,7,13,16H2,1H3,(H,29,30). The molecule has 4 rings (SSSR count). The number of ether oxygens (including phenoxy) is 2. The van der Waals surface area contributed by atoms with Gasteiger partial charge in [0.2, 0.25) is 0 Å². The molecule has 3 aromatic carbocycles.